The van der Waals surface area contributed by atoms with E-state index in [0.717, 1.165) is 77.0 Å². The number of allylic oxidation sites excluding steroid dienone is 7. The molecule has 46 heavy (non-hydrogen) atoms. The summed E-state index contributed by atoms with van der Waals surface area (Å²) in [6.45, 7) is 3.97. The quantitative estimate of drug-likeness (QED) is 0.0311. The summed E-state index contributed by atoms with van der Waals surface area (Å²) in [6, 6.07) is -0.868. The fourth-order valence-corrected chi connectivity index (χ4v) is 5.67. The number of aliphatic hydroxyl groups excluding tert-OH is 1. The van der Waals surface area contributed by atoms with E-state index in [1.165, 1.54) is 51.4 Å². The third kappa shape index (κ3) is 31.1. The molecule has 5 N–H and O–H groups in total. The Kier molecular flexibility index (Phi) is 32.2. The van der Waals surface area contributed by atoms with E-state index >= 15 is 0 Å². The Morgan fingerprint density at radius 2 is 1.26 bits per heavy atom. The number of unbranched alkanes of at least 4 members (excludes halogenated alkanes) is 15. The molecule has 0 bridgehead atoms. The number of nitrogens with one attached hydrogen (secondary N) is 1. The first-order valence-corrected chi connectivity index (χ1v) is 19.8. The van der Waals surface area contributed by atoms with Gasteiger partial charge in [-0.1, -0.05) is 140 Å². The van der Waals surface area contributed by atoms with Crippen LogP contribution in [0.3, 0.4) is 0 Å². The van der Waals surface area contributed by atoms with Crippen LogP contribution in [0, 0.1) is 0 Å². The zero-order chi connectivity index (χ0) is 34.0. The number of carbonyl (C=O) groups excluding carboxylic acids is 1. The fraction of sp³-hybridized carbons (Fsp3) is 0.757. The van der Waals surface area contributed by atoms with Gasteiger partial charge in [-0.15, -0.1) is 0 Å². The van der Waals surface area contributed by atoms with Crippen molar-refractivity contribution >= 4 is 13.7 Å². The number of phosphoric ester groups is 1. The summed E-state index contributed by atoms with van der Waals surface area (Å²) in [5, 5.41) is 13.6. The van der Waals surface area contributed by atoms with Crippen LogP contribution in [0.15, 0.2) is 48.6 Å². The standard InChI is InChI=1S/C37H69N2O6P/c1-3-5-7-9-11-13-15-17-18-19-21-23-25-27-29-31-37(41)39-35(34-45-46(42,43)44-33-32-38)36(40)30-28-26-24-22-20-16-14-12-10-8-6-4-2/h5,7,11,13,17-18,28,30,35-36,40H,3-4,6,8-10,12,14-16,19-27,29,31-34,38H2,1-2H3,(H,39,41)(H,42,43)/b7-5-,13-11-,18-17-,30-28+. The maximum absolute atomic E-state index is 12.7. The summed E-state index contributed by atoms with van der Waals surface area (Å²) in [4.78, 5) is 22.5. The Bertz CT molecular complexity index is 861. The average molecular weight is 669 g/mol. The summed E-state index contributed by atoms with van der Waals surface area (Å²) in [6.07, 6.45) is 38.6. The van der Waals surface area contributed by atoms with Crippen molar-refractivity contribution in [3.8, 4) is 0 Å². The maximum atomic E-state index is 12.7. The van der Waals surface area contributed by atoms with Crippen molar-refractivity contribution in [3.63, 3.8) is 0 Å². The molecule has 1 amide bonds. The van der Waals surface area contributed by atoms with Crippen LogP contribution in [0.25, 0.3) is 0 Å². The molecule has 0 fully saturated rings. The highest BCUT2D eigenvalue weighted by atomic mass is 31.2. The zero-order valence-corrected chi connectivity index (χ0v) is 30.2. The van der Waals surface area contributed by atoms with Gasteiger partial charge >= 0.3 is 7.82 Å². The van der Waals surface area contributed by atoms with Crippen LogP contribution in [0.5, 0.6) is 0 Å². The van der Waals surface area contributed by atoms with E-state index in [-0.39, 0.29) is 25.7 Å². The van der Waals surface area contributed by atoms with Gasteiger partial charge < -0.3 is 21.1 Å². The Hall–Kier alpha value is -1.54. The molecule has 0 aromatic heterocycles. The van der Waals surface area contributed by atoms with Gasteiger partial charge in [-0.2, -0.15) is 0 Å². The van der Waals surface area contributed by atoms with Crippen molar-refractivity contribution in [1.29, 1.82) is 0 Å². The van der Waals surface area contributed by atoms with E-state index in [1.54, 1.807) is 6.08 Å². The van der Waals surface area contributed by atoms with Crippen molar-refractivity contribution in [1.82, 2.24) is 5.32 Å². The number of aliphatic hydroxyl groups is 1. The number of carbonyl (C=O) groups is 1. The monoisotopic (exact) mass is 668 g/mol. The molecule has 0 aliphatic carbocycles. The summed E-state index contributed by atoms with van der Waals surface area (Å²) in [7, 11) is -4.34. The topological polar surface area (TPSA) is 131 Å². The summed E-state index contributed by atoms with van der Waals surface area (Å²) in [5.74, 6) is -0.215. The van der Waals surface area contributed by atoms with Gasteiger partial charge in [-0.3, -0.25) is 13.8 Å². The van der Waals surface area contributed by atoms with E-state index in [2.05, 4.69) is 55.6 Å². The molecule has 9 heteroatoms. The predicted molar refractivity (Wildman–Crippen MR) is 194 cm³/mol. The second kappa shape index (κ2) is 33.4. The van der Waals surface area contributed by atoms with Gasteiger partial charge in [-0.05, 0) is 51.4 Å². The Morgan fingerprint density at radius 3 is 1.85 bits per heavy atom. The minimum absolute atomic E-state index is 0.0735. The Labute approximate surface area is 282 Å². The van der Waals surface area contributed by atoms with Gasteiger partial charge in [0.05, 0.1) is 25.4 Å². The number of hydrogen-bond acceptors (Lipinski definition) is 6. The molecule has 3 unspecified atom stereocenters. The van der Waals surface area contributed by atoms with Crippen molar-refractivity contribution < 1.29 is 28.4 Å². The highest BCUT2D eigenvalue weighted by Gasteiger charge is 2.26. The van der Waals surface area contributed by atoms with Crippen molar-refractivity contribution in [2.75, 3.05) is 19.8 Å². The smallest absolute Gasteiger partial charge is 0.387 e. The lowest BCUT2D eigenvalue weighted by molar-refractivity contribution is -0.123. The largest absolute Gasteiger partial charge is 0.472 e. The summed E-state index contributed by atoms with van der Waals surface area (Å²) < 4.78 is 22.0. The lowest BCUT2D eigenvalue weighted by Gasteiger charge is -2.23. The normalized spacial score (nSPS) is 15.0. The van der Waals surface area contributed by atoms with E-state index in [0.29, 0.717) is 6.42 Å². The molecule has 0 aromatic rings. The minimum atomic E-state index is -4.34. The molecule has 268 valence electrons. The van der Waals surface area contributed by atoms with Gasteiger partial charge in [0.2, 0.25) is 5.91 Å². The van der Waals surface area contributed by atoms with E-state index in [4.69, 9.17) is 14.8 Å². The van der Waals surface area contributed by atoms with E-state index in [9.17, 15) is 19.4 Å². The van der Waals surface area contributed by atoms with E-state index in [1.807, 2.05) is 6.08 Å². The van der Waals surface area contributed by atoms with Gasteiger partial charge in [0.1, 0.15) is 0 Å². The summed E-state index contributed by atoms with van der Waals surface area (Å²) >= 11 is 0. The molecule has 3 atom stereocenters. The number of amides is 1. The van der Waals surface area contributed by atoms with Gasteiger partial charge in [0.25, 0.3) is 0 Å². The highest BCUT2D eigenvalue weighted by Crippen LogP contribution is 2.43. The molecule has 0 aliphatic rings. The average Bonchev–Trinajstić information content (AvgIpc) is 3.04. The second-order valence-corrected chi connectivity index (χ2v) is 13.5. The molecular formula is C37H69N2O6P. The lowest BCUT2D eigenvalue weighted by atomic mass is 10.1. The van der Waals surface area contributed by atoms with Crippen LogP contribution < -0.4 is 11.1 Å². The number of rotatable bonds is 33. The Balaban J connectivity index is 4.38. The first kappa shape index (κ1) is 44.5. The number of phosphoric acid groups is 1. The molecule has 0 aromatic carbocycles. The molecule has 0 radical (unpaired) electrons. The molecule has 0 spiro atoms. The first-order valence-electron chi connectivity index (χ1n) is 18.3. The second-order valence-electron chi connectivity index (χ2n) is 12.0. The lowest BCUT2D eigenvalue weighted by Crippen LogP contribution is -2.45. The van der Waals surface area contributed by atoms with Crippen LogP contribution in [-0.4, -0.2) is 47.8 Å². The fourth-order valence-electron chi connectivity index (χ4n) is 4.91. The molecular weight excluding hydrogens is 599 g/mol. The number of hydrogen-bond donors (Lipinski definition) is 4. The number of nitrogens with two attached hydrogens (primary N) is 1. The first-order chi connectivity index (χ1) is 22.4. The Morgan fingerprint density at radius 1 is 0.739 bits per heavy atom. The van der Waals surface area contributed by atoms with Crippen LogP contribution in [0.2, 0.25) is 0 Å². The molecule has 0 heterocycles. The highest BCUT2D eigenvalue weighted by molar-refractivity contribution is 7.47. The van der Waals surface area contributed by atoms with Crippen LogP contribution in [-0.2, 0) is 18.4 Å². The minimum Gasteiger partial charge on any atom is -0.387 e. The summed E-state index contributed by atoms with van der Waals surface area (Å²) in [5.41, 5.74) is 5.35. The maximum Gasteiger partial charge on any atom is 0.472 e. The predicted octanol–water partition coefficient (Wildman–Crippen LogP) is 9.38. The van der Waals surface area contributed by atoms with Crippen LogP contribution in [0.1, 0.15) is 149 Å². The zero-order valence-electron chi connectivity index (χ0n) is 29.3. The third-order valence-electron chi connectivity index (χ3n) is 7.66. The van der Waals surface area contributed by atoms with Crippen molar-refractivity contribution in [2.24, 2.45) is 5.73 Å². The van der Waals surface area contributed by atoms with E-state index < -0.39 is 20.0 Å². The van der Waals surface area contributed by atoms with Crippen LogP contribution >= 0.6 is 7.82 Å². The molecule has 0 aliphatic heterocycles. The van der Waals surface area contributed by atoms with Gasteiger partial charge in [0, 0.05) is 13.0 Å². The van der Waals surface area contributed by atoms with Gasteiger partial charge in [0.15, 0.2) is 0 Å². The molecule has 0 saturated carbocycles. The van der Waals surface area contributed by atoms with Crippen molar-refractivity contribution in [2.45, 2.75) is 161 Å². The molecule has 0 saturated heterocycles. The molecule has 8 nitrogen and oxygen atoms in total. The van der Waals surface area contributed by atoms with Crippen LogP contribution in [0.4, 0.5) is 0 Å². The SMILES string of the molecule is CC/C=C\C/C=C\C/C=C\CCCCCCCC(=O)NC(COP(=O)(O)OCCN)C(O)/C=C/CCCCCCCCCCCC. The van der Waals surface area contributed by atoms with Gasteiger partial charge in [-0.25, -0.2) is 4.57 Å². The third-order valence-corrected chi connectivity index (χ3v) is 8.64. The van der Waals surface area contributed by atoms with Crippen molar-refractivity contribution in [3.05, 3.63) is 48.6 Å². The molecule has 0 rings (SSSR count).